The van der Waals surface area contributed by atoms with Gasteiger partial charge in [-0.2, -0.15) is 0 Å². The zero-order chi connectivity index (χ0) is 14.4. The SMILES string of the molecule is CCOCCOC1CCc2cc(OC)ccc2C1NC. The molecule has 4 nitrogen and oxygen atoms in total. The molecule has 1 aromatic rings. The van der Waals surface area contributed by atoms with Crippen LogP contribution in [0.3, 0.4) is 0 Å². The number of fused-ring (bicyclic) bond motifs is 1. The van der Waals surface area contributed by atoms with Crippen LogP contribution in [0.25, 0.3) is 0 Å². The van der Waals surface area contributed by atoms with Gasteiger partial charge in [-0.05, 0) is 50.1 Å². The lowest BCUT2D eigenvalue weighted by atomic mass is 9.85. The van der Waals surface area contributed by atoms with Gasteiger partial charge in [0.05, 0.1) is 32.5 Å². The van der Waals surface area contributed by atoms with Crippen LogP contribution in [-0.2, 0) is 15.9 Å². The molecule has 0 fully saturated rings. The van der Waals surface area contributed by atoms with Crippen molar-refractivity contribution in [3.05, 3.63) is 29.3 Å². The number of hydrogen-bond acceptors (Lipinski definition) is 4. The Morgan fingerprint density at radius 2 is 2.15 bits per heavy atom. The summed E-state index contributed by atoms with van der Waals surface area (Å²) in [5.41, 5.74) is 2.68. The molecule has 2 rings (SSSR count). The first-order valence-electron chi connectivity index (χ1n) is 7.33. The van der Waals surface area contributed by atoms with Crippen molar-refractivity contribution in [1.29, 1.82) is 0 Å². The standard InChI is InChI=1S/C16H25NO3/c1-4-19-9-10-20-15-8-5-12-11-13(18-3)6-7-14(12)16(15)17-2/h6-7,11,15-17H,4-5,8-10H2,1-3H3. The molecular weight excluding hydrogens is 254 g/mol. The lowest BCUT2D eigenvalue weighted by Crippen LogP contribution is -2.36. The van der Waals surface area contributed by atoms with Gasteiger partial charge in [0.2, 0.25) is 0 Å². The van der Waals surface area contributed by atoms with E-state index in [2.05, 4.69) is 17.4 Å². The van der Waals surface area contributed by atoms with Crippen molar-refractivity contribution in [3.63, 3.8) is 0 Å². The Bertz CT molecular complexity index is 422. The minimum absolute atomic E-state index is 0.210. The Kier molecular flexibility index (Phi) is 5.83. The average molecular weight is 279 g/mol. The molecule has 0 amide bonds. The first kappa shape index (κ1) is 15.3. The van der Waals surface area contributed by atoms with Crippen LogP contribution in [0.2, 0.25) is 0 Å². The highest BCUT2D eigenvalue weighted by Crippen LogP contribution is 2.33. The van der Waals surface area contributed by atoms with Gasteiger partial charge in [0.25, 0.3) is 0 Å². The van der Waals surface area contributed by atoms with Gasteiger partial charge in [0, 0.05) is 6.61 Å². The van der Waals surface area contributed by atoms with Crippen molar-refractivity contribution >= 4 is 0 Å². The molecular formula is C16H25NO3. The topological polar surface area (TPSA) is 39.7 Å². The minimum atomic E-state index is 0.210. The zero-order valence-electron chi connectivity index (χ0n) is 12.6. The number of ether oxygens (including phenoxy) is 3. The Morgan fingerprint density at radius 3 is 2.85 bits per heavy atom. The highest BCUT2D eigenvalue weighted by Gasteiger charge is 2.29. The van der Waals surface area contributed by atoms with Crippen molar-refractivity contribution in [2.24, 2.45) is 0 Å². The maximum absolute atomic E-state index is 5.98. The van der Waals surface area contributed by atoms with Crippen LogP contribution in [0, 0.1) is 0 Å². The summed E-state index contributed by atoms with van der Waals surface area (Å²) in [6, 6.07) is 6.54. The molecule has 1 aliphatic carbocycles. The molecule has 0 heterocycles. The molecule has 2 atom stereocenters. The van der Waals surface area contributed by atoms with Crippen LogP contribution in [0.1, 0.15) is 30.5 Å². The fourth-order valence-corrected chi connectivity index (χ4v) is 2.82. The summed E-state index contributed by atoms with van der Waals surface area (Å²) in [6.45, 7) is 4.06. The number of benzene rings is 1. The lowest BCUT2D eigenvalue weighted by molar-refractivity contribution is -0.0157. The Labute approximate surface area is 121 Å². The third kappa shape index (κ3) is 3.51. The summed E-state index contributed by atoms with van der Waals surface area (Å²) in [4.78, 5) is 0. The maximum Gasteiger partial charge on any atom is 0.119 e. The molecule has 4 heteroatoms. The van der Waals surface area contributed by atoms with E-state index in [1.165, 1.54) is 11.1 Å². The van der Waals surface area contributed by atoms with Crippen LogP contribution in [-0.4, -0.2) is 40.1 Å². The Morgan fingerprint density at radius 1 is 1.30 bits per heavy atom. The third-order valence-electron chi connectivity index (χ3n) is 3.83. The van der Waals surface area contributed by atoms with Crippen molar-refractivity contribution in [2.45, 2.75) is 31.9 Å². The van der Waals surface area contributed by atoms with E-state index in [-0.39, 0.29) is 12.1 Å². The smallest absolute Gasteiger partial charge is 0.119 e. The monoisotopic (exact) mass is 279 g/mol. The van der Waals surface area contributed by atoms with Gasteiger partial charge in [-0.25, -0.2) is 0 Å². The first-order valence-corrected chi connectivity index (χ1v) is 7.33. The molecule has 0 saturated carbocycles. The van der Waals surface area contributed by atoms with E-state index in [1.54, 1.807) is 7.11 Å². The highest BCUT2D eigenvalue weighted by atomic mass is 16.5. The van der Waals surface area contributed by atoms with Crippen molar-refractivity contribution < 1.29 is 14.2 Å². The van der Waals surface area contributed by atoms with Crippen molar-refractivity contribution in [3.8, 4) is 5.75 Å². The number of rotatable bonds is 7. The van der Waals surface area contributed by atoms with Gasteiger partial charge in [-0.3, -0.25) is 0 Å². The second-order valence-electron chi connectivity index (χ2n) is 4.98. The summed E-state index contributed by atoms with van der Waals surface area (Å²) in [5, 5.41) is 3.38. The van der Waals surface area contributed by atoms with E-state index < -0.39 is 0 Å². The van der Waals surface area contributed by atoms with Gasteiger partial charge in [-0.1, -0.05) is 6.07 Å². The van der Waals surface area contributed by atoms with Gasteiger partial charge >= 0.3 is 0 Å². The molecule has 20 heavy (non-hydrogen) atoms. The van der Waals surface area contributed by atoms with Gasteiger partial charge in [-0.15, -0.1) is 0 Å². The van der Waals surface area contributed by atoms with Crippen LogP contribution in [0.15, 0.2) is 18.2 Å². The number of methoxy groups -OCH3 is 1. The van der Waals surface area contributed by atoms with Crippen LogP contribution in [0.5, 0.6) is 5.75 Å². The molecule has 1 aliphatic rings. The normalized spacial score (nSPS) is 21.6. The Hall–Kier alpha value is -1.10. The quantitative estimate of drug-likeness (QED) is 0.778. The van der Waals surface area contributed by atoms with Crippen LogP contribution in [0.4, 0.5) is 0 Å². The molecule has 2 unspecified atom stereocenters. The van der Waals surface area contributed by atoms with E-state index in [0.29, 0.717) is 13.2 Å². The van der Waals surface area contributed by atoms with Gasteiger partial charge in [0.15, 0.2) is 0 Å². The molecule has 1 aromatic carbocycles. The Balaban J connectivity index is 2.03. The molecule has 0 spiro atoms. The summed E-state index contributed by atoms with van der Waals surface area (Å²) in [7, 11) is 3.70. The summed E-state index contributed by atoms with van der Waals surface area (Å²) in [6.07, 6.45) is 2.27. The molecule has 1 N–H and O–H groups in total. The number of nitrogens with one attached hydrogen (secondary N) is 1. The molecule has 0 saturated heterocycles. The third-order valence-corrected chi connectivity index (χ3v) is 3.83. The van der Waals surface area contributed by atoms with E-state index in [4.69, 9.17) is 14.2 Å². The predicted octanol–water partition coefficient (Wildman–Crippen LogP) is 2.32. The van der Waals surface area contributed by atoms with Crippen LogP contribution < -0.4 is 10.1 Å². The molecule has 0 bridgehead atoms. The highest BCUT2D eigenvalue weighted by molar-refractivity contribution is 5.39. The largest absolute Gasteiger partial charge is 0.497 e. The first-order chi connectivity index (χ1) is 9.80. The number of aryl methyl sites for hydroxylation is 1. The molecule has 0 aliphatic heterocycles. The number of hydrogen-bond donors (Lipinski definition) is 1. The zero-order valence-corrected chi connectivity index (χ0v) is 12.6. The lowest BCUT2D eigenvalue weighted by Gasteiger charge is -2.33. The van der Waals surface area contributed by atoms with E-state index in [1.807, 2.05) is 20.0 Å². The van der Waals surface area contributed by atoms with E-state index in [0.717, 1.165) is 25.2 Å². The van der Waals surface area contributed by atoms with Gasteiger partial charge in [0.1, 0.15) is 5.75 Å². The summed E-state index contributed by atoms with van der Waals surface area (Å²) < 4.78 is 16.6. The fraction of sp³-hybridized carbons (Fsp3) is 0.625. The summed E-state index contributed by atoms with van der Waals surface area (Å²) in [5.74, 6) is 0.925. The minimum Gasteiger partial charge on any atom is -0.497 e. The maximum atomic E-state index is 5.98. The second kappa shape index (κ2) is 7.62. The average Bonchev–Trinajstić information content (AvgIpc) is 2.50. The predicted molar refractivity (Wildman–Crippen MR) is 79.3 cm³/mol. The number of likely N-dealkylation sites (N-methyl/N-ethyl adjacent to an activating group) is 1. The second-order valence-corrected chi connectivity index (χ2v) is 4.98. The van der Waals surface area contributed by atoms with Crippen LogP contribution >= 0.6 is 0 Å². The van der Waals surface area contributed by atoms with Crippen molar-refractivity contribution in [1.82, 2.24) is 5.32 Å². The molecule has 0 radical (unpaired) electrons. The van der Waals surface area contributed by atoms with Gasteiger partial charge < -0.3 is 19.5 Å². The van der Waals surface area contributed by atoms with Crippen molar-refractivity contribution in [2.75, 3.05) is 34.0 Å². The molecule has 112 valence electrons. The van der Waals surface area contributed by atoms with E-state index >= 15 is 0 Å². The molecule has 0 aromatic heterocycles. The summed E-state index contributed by atoms with van der Waals surface area (Å²) >= 11 is 0. The fourth-order valence-electron chi connectivity index (χ4n) is 2.82. The van der Waals surface area contributed by atoms with E-state index in [9.17, 15) is 0 Å².